The van der Waals surface area contributed by atoms with Crippen LogP contribution in [-0.4, -0.2) is 54.1 Å². The highest BCUT2D eigenvalue weighted by atomic mass is 35.5. The van der Waals surface area contributed by atoms with Gasteiger partial charge < -0.3 is 10.6 Å². The third-order valence-electron chi connectivity index (χ3n) is 7.18. The minimum absolute atomic E-state index is 0.0306. The Morgan fingerprint density at radius 1 is 0.953 bits per heavy atom. The van der Waals surface area contributed by atoms with Gasteiger partial charge in [-0.2, -0.15) is 18.4 Å². The summed E-state index contributed by atoms with van der Waals surface area (Å²) >= 11 is 12.7. The number of nitrogens with one attached hydrogen (secondary N) is 2. The molecule has 2 amide bonds. The summed E-state index contributed by atoms with van der Waals surface area (Å²) in [6.07, 6.45) is -5.29. The lowest BCUT2D eigenvalue weighted by Gasteiger charge is -2.38. The molecule has 3 aromatic rings. The van der Waals surface area contributed by atoms with E-state index in [9.17, 15) is 36.8 Å². The Hall–Kier alpha value is -3.72. The second-order valence-corrected chi connectivity index (χ2v) is 11.0. The first-order valence-corrected chi connectivity index (χ1v) is 13.9. The first-order chi connectivity index (χ1) is 20.3. The zero-order valence-electron chi connectivity index (χ0n) is 22.5. The summed E-state index contributed by atoms with van der Waals surface area (Å²) in [6.45, 7) is -1.41. The third-order valence-corrected chi connectivity index (χ3v) is 7.82. The average molecular weight is 639 g/mol. The van der Waals surface area contributed by atoms with E-state index in [1.807, 2.05) is 6.07 Å². The van der Waals surface area contributed by atoms with Crippen LogP contribution < -0.4 is 10.6 Å². The van der Waals surface area contributed by atoms with Crippen molar-refractivity contribution in [3.05, 3.63) is 93.5 Å². The summed E-state index contributed by atoms with van der Waals surface area (Å²) in [5.41, 5.74) is -0.824. The van der Waals surface area contributed by atoms with Crippen molar-refractivity contribution < 1.29 is 31.5 Å². The number of benzene rings is 3. The van der Waals surface area contributed by atoms with Crippen molar-refractivity contribution in [3.63, 3.8) is 0 Å². The Morgan fingerprint density at radius 2 is 1.58 bits per heavy atom. The molecule has 43 heavy (non-hydrogen) atoms. The van der Waals surface area contributed by atoms with E-state index in [-0.39, 0.29) is 36.5 Å². The van der Waals surface area contributed by atoms with Gasteiger partial charge in [0.05, 0.1) is 12.6 Å². The molecule has 0 unspecified atom stereocenters. The maximum atomic E-state index is 14.5. The lowest BCUT2D eigenvalue weighted by atomic mass is 9.88. The standard InChI is InChI=1S/C30H25Cl2F5N4O2/c31-22-5-2-1-4-19(22)20-9-8-18(14-23(20)32)27(42)39-26(15-21-24(33)6-3-7-25(21)34)28(43)40-29(16-38)10-12-41(13-11-29)17-30(35,36)37/h1-9,14,26H,10-13,15,17H2,(H,39,42)(H,40,43)/t26-/m0/s1. The number of piperidine rings is 1. The van der Waals surface area contributed by atoms with Crippen LogP contribution in [-0.2, 0) is 11.2 Å². The highest BCUT2D eigenvalue weighted by Gasteiger charge is 2.41. The zero-order chi connectivity index (χ0) is 31.4. The van der Waals surface area contributed by atoms with Crippen molar-refractivity contribution in [2.75, 3.05) is 19.6 Å². The van der Waals surface area contributed by atoms with E-state index in [0.29, 0.717) is 16.1 Å². The van der Waals surface area contributed by atoms with E-state index in [1.165, 1.54) is 12.1 Å². The number of nitrogens with zero attached hydrogens (tertiary/aromatic N) is 2. The number of halogens is 7. The molecule has 6 nitrogen and oxygen atoms in total. The zero-order valence-corrected chi connectivity index (χ0v) is 24.0. The Balaban J connectivity index is 1.57. The van der Waals surface area contributed by atoms with Crippen LogP contribution in [0.15, 0.2) is 60.7 Å². The molecule has 1 atom stereocenters. The molecule has 0 radical (unpaired) electrons. The van der Waals surface area contributed by atoms with Crippen LogP contribution in [0.25, 0.3) is 11.1 Å². The second-order valence-electron chi connectivity index (χ2n) is 10.2. The number of carbonyl (C=O) groups excluding carboxylic acids is 2. The molecule has 1 saturated heterocycles. The van der Waals surface area contributed by atoms with E-state index in [1.54, 1.807) is 30.3 Å². The van der Waals surface area contributed by atoms with Crippen LogP contribution in [0.4, 0.5) is 22.0 Å². The molecule has 3 aromatic carbocycles. The molecule has 0 bridgehead atoms. The summed E-state index contributed by atoms with van der Waals surface area (Å²) in [5, 5.41) is 15.5. The van der Waals surface area contributed by atoms with Gasteiger partial charge in [-0.15, -0.1) is 0 Å². The molecule has 13 heteroatoms. The highest BCUT2D eigenvalue weighted by molar-refractivity contribution is 6.36. The monoisotopic (exact) mass is 638 g/mol. The SMILES string of the molecule is N#CC1(NC(=O)[C@H](Cc2c(F)cccc2F)NC(=O)c2ccc(-c3ccccc3Cl)c(Cl)c2)CCN(CC(F)(F)F)CC1. The van der Waals surface area contributed by atoms with Gasteiger partial charge in [-0.25, -0.2) is 8.78 Å². The first kappa shape index (κ1) is 32.2. The van der Waals surface area contributed by atoms with E-state index in [0.717, 1.165) is 23.1 Å². The maximum Gasteiger partial charge on any atom is 0.401 e. The van der Waals surface area contributed by atoms with Gasteiger partial charge in [0.2, 0.25) is 5.91 Å². The van der Waals surface area contributed by atoms with Gasteiger partial charge in [0.1, 0.15) is 23.2 Å². The quantitative estimate of drug-likeness (QED) is 0.283. The van der Waals surface area contributed by atoms with Crippen LogP contribution >= 0.6 is 23.2 Å². The first-order valence-electron chi connectivity index (χ1n) is 13.1. The van der Waals surface area contributed by atoms with Crippen LogP contribution in [0, 0.1) is 23.0 Å². The Morgan fingerprint density at radius 3 is 2.16 bits per heavy atom. The second kappa shape index (κ2) is 13.3. The molecule has 0 spiro atoms. The van der Waals surface area contributed by atoms with Gasteiger partial charge in [-0.3, -0.25) is 14.5 Å². The molecule has 4 rings (SSSR count). The Kier molecular flexibility index (Phi) is 9.95. The minimum Gasteiger partial charge on any atom is -0.340 e. The number of nitriles is 1. The van der Waals surface area contributed by atoms with Gasteiger partial charge in [0.15, 0.2) is 0 Å². The summed E-state index contributed by atoms with van der Waals surface area (Å²) in [6, 6.07) is 14.8. The van der Waals surface area contributed by atoms with Crippen molar-refractivity contribution in [2.45, 2.75) is 37.0 Å². The molecular formula is C30H25Cl2F5N4O2. The van der Waals surface area contributed by atoms with Crippen LogP contribution in [0.2, 0.25) is 10.0 Å². The van der Waals surface area contributed by atoms with Gasteiger partial charge in [0, 0.05) is 51.8 Å². The third kappa shape index (κ3) is 8.02. The number of rotatable bonds is 8. The minimum atomic E-state index is -4.43. The van der Waals surface area contributed by atoms with Gasteiger partial charge >= 0.3 is 6.18 Å². The molecule has 1 fully saturated rings. The van der Waals surface area contributed by atoms with E-state index in [2.05, 4.69) is 10.6 Å². The summed E-state index contributed by atoms with van der Waals surface area (Å²) < 4.78 is 67.6. The summed E-state index contributed by atoms with van der Waals surface area (Å²) in [5.74, 6) is -3.62. The number of carbonyl (C=O) groups is 2. The molecule has 226 valence electrons. The van der Waals surface area contributed by atoms with E-state index >= 15 is 0 Å². The van der Waals surface area contributed by atoms with Gasteiger partial charge in [0.25, 0.3) is 5.91 Å². The number of hydrogen-bond acceptors (Lipinski definition) is 4. The predicted octanol–water partition coefficient (Wildman–Crippen LogP) is 6.32. The number of hydrogen-bond donors (Lipinski definition) is 2. The molecular weight excluding hydrogens is 614 g/mol. The van der Waals surface area contributed by atoms with Crippen molar-refractivity contribution in [1.82, 2.24) is 15.5 Å². The van der Waals surface area contributed by atoms with E-state index in [4.69, 9.17) is 23.2 Å². The number of alkyl halides is 3. The van der Waals surface area contributed by atoms with Gasteiger partial charge in [-0.1, -0.05) is 53.5 Å². The molecule has 0 saturated carbocycles. The van der Waals surface area contributed by atoms with Crippen molar-refractivity contribution >= 4 is 35.0 Å². The molecule has 1 aliphatic heterocycles. The Labute approximate surface area is 254 Å². The van der Waals surface area contributed by atoms with E-state index < -0.39 is 59.7 Å². The molecule has 2 N–H and O–H groups in total. The average Bonchev–Trinajstić information content (AvgIpc) is 2.95. The summed E-state index contributed by atoms with van der Waals surface area (Å²) in [7, 11) is 0. The van der Waals surface area contributed by atoms with Crippen LogP contribution in [0.3, 0.4) is 0 Å². The smallest absolute Gasteiger partial charge is 0.340 e. The predicted molar refractivity (Wildman–Crippen MR) is 151 cm³/mol. The molecule has 1 heterocycles. The largest absolute Gasteiger partial charge is 0.401 e. The number of amides is 2. The van der Waals surface area contributed by atoms with Crippen molar-refractivity contribution in [2.24, 2.45) is 0 Å². The van der Waals surface area contributed by atoms with Crippen LogP contribution in [0.1, 0.15) is 28.8 Å². The highest BCUT2D eigenvalue weighted by Crippen LogP contribution is 2.34. The normalized spacial score (nSPS) is 15.8. The van der Waals surface area contributed by atoms with Crippen molar-refractivity contribution in [1.29, 1.82) is 5.26 Å². The summed E-state index contributed by atoms with van der Waals surface area (Å²) in [4.78, 5) is 27.8. The molecule has 0 aromatic heterocycles. The van der Waals surface area contributed by atoms with Crippen LogP contribution in [0.5, 0.6) is 0 Å². The fourth-order valence-corrected chi connectivity index (χ4v) is 5.39. The lowest BCUT2D eigenvalue weighted by molar-refractivity contribution is -0.149. The topological polar surface area (TPSA) is 85.2 Å². The Bertz CT molecular complexity index is 1530. The molecule has 1 aliphatic rings. The lowest BCUT2D eigenvalue weighted by Crippen LogP contribution is -2.59. The maximum absolute atomic E-state index is 14.5. The fraction of sp³-hybridized carbons (Fsp3) is 0.300. The van der Waals surface area contributed by atoms with Crippen molar-refractivity contribution in [3.8, 4) is 17.2 Å². The van der Waals surface area contributed by atoms with Gasteiger partial charge in [-0.05, 0) is 43.2 Å². The number of likely N-dealkylation sites (tertiary alicyclic amines) is 1. The fourth-order valence-electron chi connectivity index (χ4n) is 4.87. The molecule has 0 aliphatic carbocycles.